The minimum absolute atomic E-state index is 0.163. The molecule has 0 aromatic heterocycles. The number of rotatable bonds is 1. The van der Waals surface area contributed by atoms with Gasteiger partial charge in [-0.05, 0) is 6.92 Å². The van der Waals surface area contributed by atoms with Crippen LogP contribution in [0, 0.1) is 6.92 Å². The monoisotopic (exact) mass is 127 g/mol. The molecule has 1 aliphatic heterocycles. The van der Waals surface area contributed by atoms with Crippen LogP contribution >= 0.6 is 0 Å². The van der Waals surface area contributed by atoms with Gasteiger partial charge in [-0.2, -0.15) is 0 Å². The zero-order valence-electron chi connectivity index (χ0n) is 5.39. The molecule has 0 aromatic rings. The first-order valence-electron chi connectivity index (χ1n) is 3.12. The van der Waals surface area contributed by atoms with Gasteiger partial charge in [-0.15, -0.1) is 0 Å². The molecular formula is C6H11N2O. The molecule has 0 atom stereocenters. The summed E-state index contributed by atoms with van der Waals surface area (Å²) in [5.41, 5.74) is 0. The summed E-state index contributed by atoms with van der Waals surface area (Å²) in [4.78, 5) is 12.6. The molecule has 3 heteroatoms. The second kappa shape index (κ2) is 2.82. The van der Waals surface area contributed by atoms with Crippen molar-refractivity contribution in [3.63, 3.8) is 0 Å². The first-order valence-corrected chi connectivity index (χ1v) is 3.12. The van der Waals surface area contributed by atoms with Crippen molar-refractivity contribution in [1.29, 1.82) is 0 Å². The van der Waals surface area contributed by atoms with Crippen LogP contribution in [-0.2, 0) is 4.79 Å². The molecule has 0 saturated carbocycles. The summed E-state index contributed by atoms with van der Waals surface area (Å²) in [6, 6.07) is 0. The highest BCUT2D eigenvalue weighted by atomic mass is 16.2. The van der Waals surface area contributed by atoms with E-state index >= 15 is 0 Å². The van der Waals surface area contributed by atoms with Crippen LogP contribution in [0.3, 0.4) is 0 Å². The molecule has 51 valence electrons. The van der Waals surface area contributed by atoms with Crippen LogP contribution in [0.15, 0.2) is 0 Å². The Hall–Kier alpha value is -0.570. The van der Waals surface area contributed by atoms with E-state index in [1.54, 1.807) is 4.90 Å². The van der Waals surface area contributed by atoms with Crippen molar-refractivity contribution in [2.24, 2.45) is 0 Å². The van der Waals surface area contributed by atoms with Gasteiger partial charge in [0.1, 0.15) is 0 Å². The third-order valence-corrected chi connectivity index (χ3v) is 1.46. The third kappa shape index (κ3) is 1.42. The van der Waals surface area contributed by atoms with E-state index in [0.29, 0.717) is 13.1 Å². The molecule has 1 radical (unpaired) electrons. The molecule has 3 nitrogen and oxygen atoms in total. The second-order valence-corrected chi connectivity index (χ2v) is 2.06. The van der Waals surface area contributed by atoms with Crippen molar-refractivity contribution >= 4 is 5.91 Å². The van der Waals surface area contributed by atoms with Gasteiger partial charge < -0.3 is 10.2 Å². The molecular weight excluding hydrogens is 116 g/mol. The summed E-state index contributed by atoms with van der Waals surface area (Å²) in [5, 5.41) is 2.98. The second-order valence-electron chi connectivity index (χ2n) is 2.06. The fraction of sp³-hybridized carbons (Fsp3) is 0.667. The number of amides is 1. The van der Waals surface area contributed by atoms with Crippen molar-refractivity contribution < 1.29 is 4.79 Å². The van der Waals surface area contributed by atoms with Crippen molar-refractivity contribution in [2.75, 3.05) is 26.2 Å². The molecule has 0 unspecified atom stereocenters. The molecule has 1 heterocycles. The molecule has 9 heavy (non-hydrogen) atoms. The van der Waals surface area contributed by atoms with E-state index in [1.807, 2.05) is 0 Å². The first-order chi connectivity index (χ1) is 4.34. The van der Waals surface area contributed by atoms with E-state index in [9.17, 15) is 4.79 Å². The molecule has 1 saturated heterocycles. The lowest BCUT2D eigenvalue weighted by molar-refractivity contribution is -0.131. The largest absolute Gasteiger partial charge is 0.340 e. The zero-order valence-corrected chi connectivity index (χ0v) is 5.39. The summed E-state index contributed by atoms with van der Waals surface area (Å²) in [7, 11) is 0. The molecule has 0 aromatic carbocycles. The van der Waals surface area contributed by atoms with Gasteiger partial charge >= 0.3 is 0 Å². The standard InChI is InChI=1S/C6H11N2O/c1-2-8-4-3-7-5-6(8)9/h7H,1-5H2. The van der Waals surface area contributed by atoms with E-state index in [-0.39, 0.29) is 5.91 Å². The van der Waals surface area contributed by atoms with Crippen LogP contribution in [0.4, 0.5) is 0 Å². The molecule has 0 spiro atoms. The fourth-order valence-corrected chi connectivity index (χ4v) is 0.882. The summed E-state index contributed by atoms with van der Waals surface area (Å²) in [5.74, 6) is 0.163. The Bertz CT molecular complexity index is 114. The topological polar surface area (TPSA) is 32.3 Å². The van der Waals surface area contributed by atoms with Crippen molar-refractivity contribution in [2.45, 2.75) is 0 Å². The minimum atomic E-state index is 0.163. The molecule has 1 N–H and O–H groups in total. The Balaban J connectivity index is 2.39. The van der Waals surface area contributed by atoms with Gasteiger partial charge in [0.05, 0.1) is 6.54 Å². The maximum atomic E-state index is 10.8. The van der Waals surface area contributed by atoms with Gasteiger partial charge in [0.2, 0.25) is 5.91 Å². The maximum Gasteiger partial charge on any atom is 0.236 e. The van der Waals surface area contributed by atoms with E-state index in [1.165, 1.54) is 0 Å². The third-order valence-electron chi connectivity index (χ3n) is 1.46. The zero-order chi connectivity index (χ0) is 6.69. The molecule has 1 aliphatic rings. The van der Waals surface area contributed by atoms with Gasteiger partial charge in [0.15, 0.2) is 0 Å². The molecule has 0 bridgehead atoms. The van der Waals surface area contributed by atoms with E-state index in [4.69, 9.17) is 0 Å². The van der Waals surface area contributed by atoms with Gasteiger partial charge in [0.25, 0.3) is 0 Å². The van der Waals surface area contributed by atoms with Crippen LogP contribution in [0.1, 0.15) is 0 Å². The summed E-state index contributed by atoms with van der Waals surface area (Å²) < 4.78 is 0. The van der Waals surface area contributed by atoms with Crippen LogP contribution in [0.25, 0.3) is 0 Å². The lowest BCUT2D eigenvalue weighted by Crippen LogP contribution is -2.47. The van der Waals surface area contributed by atoms with Crippen LogP contribution in [0.2, 0.25) is 0 Å². The number of carbonyl (C=O) groups excluding carboxylic acids is 1. The van der Waals surface area contributed by atoms with Crippen LogP contribution in [-0.4, -0.2) is 37.0 Å². The molecule has 1 fully saturated rings. The number of nitrogens with zero attached hydrogens (tertiary/aromatic N) is 1. The van der Waals surface area contributed by atoms with Crippen molar-refractivity contribution in [1.82, 2.24) is 10.2 Å². The summed E-state index contributed by atoms with van der Waals surface area (Å²) in [6.07, 6.45) is 0. The number of piperazine rings is 1. The quantitative estimate of drug-likeness (QED) is 0.503. The SMILES string of the molecule is [CH2]CN1CCNCC1=O. The average Bonchev–Trinajstić information content (AvgIpc) is 1.89. The Morgan fingerprint density at radius 3 is 3.00 bits per heavy atom. The Morgan fingerprint density at radius 2 is 2.56 bits per heavy atom. The Morgan fingerprint density at radius 1 is 1.78 bits per heavy atom. The van der Waals surface area contributed by atoms with Crippen molar-refractivity contribution in [3.8, 4) is 0 Å². The lowest BCUT2D eigenvalue weighted by Gasteiger charge is -2.25. The van der Waals surface area contributed by atoms with Crippen LogP contribution < -0.4 is 5.32 Å². The normalized spacial score (nSPS) is 20.6. The maximum absolute atomic E-state index is 10.8. The fourth-order valence-electron chi connectivity index (χ4n) is 0.882. The van der Waals surface area contributed by atoms with E-state index in [2.05, 4.69) is 12.2 Å². The van der Waals surface area contributed by atoms with Crippen LogP contribution in [0.5, 0.6) is 0 Å². The van der Waals surface area contributed by atoms with Gasteiger partial charge in [-0.25, -0.2) is 0 Å². The highest BCUT2D eigenvalue weighted by Gasteiger charge is 2.14. The number of hydrogen-bond acceptors (Lipinski definition) is 2. The highest BCUT2D eigenvalue weighted by molar-refractivity contribution is 5.78. The minimum Gasteiger partial charge on any atom is -0.340 e. The number of carbonyl (C=O) groups is 1. The smallest absolute Gasteiger partial charge is 0.236 e. The Kier molecular flexibility index (Phi) is 2.05. The number of hydrogen-bond donors (Lipinski definition) is 1. The van der Waals surface area contributed by atoms with E-state index < -0.39 is 0 Å². The van der Waals surface area contributed by atoms with Crippen molar-refractivity contribution in [3.05, 3.63) is 6.92 Å². The van der Waals surface area contributed by atoms with Gasteiger partial charge in [0, 0.05) is 19.6 Å². The molecule has 0 aliphatic carbocycles. The average molecular weight is 127 g/mol. The summed E-state index contributed by atoms with van der Waals surface area (Å²) in [6.45, 7) is 6.43. The Labute approximate surface area is 55.0 Å². The van der Waals surface area contributed by atoms with E-state index in [0.717, 1.165) is 13.1 Å². The first kappa shape index (κ1) is 6.55. The predicted molar refractivity (Wildman–Crippen MR) is 34.8 cm³/mol. The lowest BCUT2D eigenvalue weighted by atomic mass is 10.3. The summed E-state index contributed by atoms with van der Waals surface area (Å²) >= 11 is 0. The number of nitrogens with one attached hydrogen (secondary N) is 1. The molecule has 1 amide bonds. The van der Waals surface area contributed by atoms with Gasteiger partial charge in [-0.3, -0.25) is 4.79 Å². The highest BCUT2D eigenvalue weighted by Crippen LogP contribution is 1.91. The predicted octanol–water partition coefficient (Wildman–Crippen LogP) is -0.748. The van der Waals surface area contributed by atoms with Gasteiger partial charge in [-0.1, -0.05) is 0 Å². The molecule has 1 rings (SSSR count).